The van der Waals surface area contributed by atoms with Crippen molar-refractivity contribution in [2.45, 2.75) is 50.7 Å². The fraction of sp³-hybridized carbons (Fsp3) is 0.929. The van der Waals surface area contributed by atoms with Crippen molar-refractivity contribution in [2.24, 2.45) is 5.92 Å². The van der Waals surface area contributed by atoms with E-state index in [0.717, 1.165) is 12.8 Å². The Morgan fingerprint density at radius 1 is 1.43 bits per heavy atom. The first-order valence-electron chi connectivity index (χ1n) is 7.46. The minimum absolute atomic E-state index is 0.118. The van der Waals surface area contributed by atoms with Crippen molar-refractivity contribution < 1.29 is 23.1 Å². The van der Waals surface area contributed by atoms with Gasteiger partial charge in [0.1, 0.15) is 5.54 Å². The van der Waals surface area contributed by atoms with Crippen LogP contribution in [0.5, 0.6) is 0 Å². The molecular weight excluding hydrogens is 285 g/mol. The predicted molar refractivity (Wildman–Crippen MR) is 74.2 cm³/mol. The van der Waals surface area contributed by atoms with E-state index < -0.39 is 24.2 Å². The van der Waals surface area contributed by atoms with Crippen LogP contribution in [0.1, 0.15) is 39.0 Å². The molecule has 0 aromatic rings. The molecule has 2 atom stereocenters. The van der Waals surface area contributed by atoms with Crippen LogP contribution < -0.4 is 5.32 Å². The zero-order valence-corrected chi connectivity index (χ0v) is 12.7. The molecular formula is C14H25F3N2O2. The molecule has 4 nitrogen and oxygen atoms in total. The van der Waals surface area contributed by atoms with Crippen LogP contribution in [0, 0.1) is 5.92 Å². The van der Waals surface area contributed by atoms with Crippen molar-refractivity contribution in [3.63, 3.8) is 0 Å². The number of hydrogen-bond donors (Lipinski definition) is 2. The first-order valence-corrected chi connectivity index (χ1v) is 7.46. The highest BCUT2D eigenvalue weighted by molar-refractivity contribution is 5.79. The molecule has 124 valence electrons. The number of nitrogens with zero attached hydrogens (tertiary/aromatic N) is 1. The van der Waals surface area contributed by atoms with Crippen molar-refractivity contribution in [1.82, 2.24) is 10.2 Å². The second kappa shape index (κ2) is 7.45. The van der Waals surface area contributed by atoms with Crippen LogP contribution in [0.2, 0.25) is 0 Å². The van der Waals surface area contributed by atoms with E-state index in [0.29, 0.717) is 25.8 Å². The predicted octanol–water partition coefficient (Wildman–Crippen LogP) is 2.49. The maximum absolute atomic E-state index is 12.5. The number of halogens is 3. The molecule has 0 aromatic heterocycles. The Morgan fingerprint density at radius 3 is 2.57 bits per heavy atom. The largest absolute Gasteiger partial charge is 0.480 e. The van der Waals surface area contributed by atoms with E-state index >= 15 is 0 Å². The number of rotatable bonds is 8. The average molecular weight is 310 g/mol. The van der Waals surface area contributed by atoms with Gasteiger partial charge in [-0.2, -0.15) is 13.2 Å². The summed E-state index contributed by atoms with van der Waals surface area (Å²) >= 11 is 0. The second-order valence-electron chi connectivity index (χ2n) is 5.80. The van der Waals surface area contributed by atoms with E-state index in [4.69, 9.17) is 0 Å². The summed E-state index contributed by atoms with van der Waals surface area (Å²) in [5.74, 6) is -1.02. The van der Waals surface area contributed by atoms with Gasteiger partial charge in [0.15, 0.2) is 0 Å². The van der Waals surface area contributed by atoms with Crippen LogP contribution in [0.25, 0.3) is 0 Å². The van der Waals surface area contributed by atoms with E-state index in [-0.39, 0.29) is 12.5 Å². The number of nitrogens with one attached hydrogen (secondary N) is 1. The lowest BCUT2D eigenvalue weighted by molar-refractivity contribution is -0.149. The summed E-state index contributed by atoms with van der Waals surface area (Å²) in [6.45, 7) is 1.59. The summed E-state index contributed by atoms with van der Waals surface area (Å²) in [7, 11) is 1.62. The van der Waals surface area contributed by atoms with E-state index in [1.54, 1.807) is 7.05 Å². The third kappa shape index (κ3) is 4.85. The third-order valence-corrected chi connectivity index (χ3v) is 4.38. The Morgan fingerprint density at radius 2 is 2.10 bits per heavy atom. The summed E-state index contributed by atoms with van der Waals surface area (Å²) in [4.78, 5) is 12.9. The van der Waals surface area contributed by atoms with Gasteiger partial charge >= 0.3 is 12.1 Å². The molecule has 0 spiro atoms. The summed E-state index contributed by atoms with van der Waals surface area (Å²) in [6, 6.07) is 0. The van der Waals surface area contributed by atoms with Gasteiger partial charge in [-0.15, -0.1) is 0 Å². The molecule has 1 aliphatic rings. The lowest BCUT2D eigenvalue weighted by atomic mass is 9.84. The SMILES string of the molecule is CCCN(CCC1CCCC1(NC)C(=O)O)CC(F)(F)F. The lowest BCUT2D eigenvalue weighted by Gasteiger charge is -2.33. The van der Waals surface area contributed by atoms with Crippen LogP contribution in [-0.4, -0.2) is 54.4 Å². The minimum Gasteiger partial charge on any atom is -0.480 e. The lowest BCUT2D eigenvalue weighted by Crippen LogP contribution is -2.53. The first kappa shape index (κ1) is 18.2. The minimum atomic E-state index is -4.21. The molecule has 2 unspecified atom stereocenters. The average Bonchev–Trinajstić information content (AvgIpc) is 2.78. The van der Waals surface area contributed by atoms with Crippen molar-refractivity contribution in [3.05, 3.63) is 0 Å². The van der Waals surface area contributed by atoms with Crippen LogP contribution in [-0.2, 0) is 4.79 Å². The maximum Gasteiger partial charge on any atom is 0.401 e. The van der Waals surface area contributed by atoms with Crippen molar-refractivity contribution in [1.29, 1.82) is 0 Å². The molecule has 7 heteroatoms. The molecule has 0 radical (unpaired) electrons. The highest BCUT2D eigenvalue weighted by Gasteiger charge is 2.47. The topological polar surface area (TPSA) is 52.6 Å². The zero-order valence-electron chi connectivity index (χ0n) is 12.7. The van der Waals surface area contributed by atoms with Gasteiger partial charge in [-0.05, 0) is 51.7 Å². The summed E-state index contributed by atoms with van der Waals surface area (Å²) in [5, 5.41) is 12.3. The van der Waals surface area contributed by atoms with E-state index in [1.807, 2.05) is 6.92 Å². The number of aliphatic carboxylic acids is 1. The van der Waals surface area contributed by atoms with Crippen LogP contribution >= 0.6 is 0 Å². The fourth-order valence-corrected chi connectivity index (χ4v) is 3.36. The highest BCUT2D eigenvalue weighted by atomic mass is 19.4. The molecule has 21 heavy (non-hydrogen) atoms. The normalized spacial score (nSPS) is 26.5. The molecule has 0 heterocycles. The van der Waals surface area contributed by atoms with Gasteiger partial charge in [-0.1, -0.05) is 13.3 Å². The quantitative estimate of drug-likeness (QED) is 0.723. The van der Waals surface area contributed by atoms with Crippen molar-refractivity contribution in [3.8, 4) is 0 Å². The van der Waals surface area contributed by atoms with E-state index in [9.17, 15) is 23.1 Å². The number of carboxylic acids is 1. The van der Waals surface area contributed by atoms with Gasteiger partial charge in [-0.25, -0.2) is 0 Å². The Balaban J connectivity index is 2.64. The Hall–Kier alpha value is -0.820. The van der Waals surface area contributed by atoms with Crippen molar-refractivity contribution >= 4 is 5.97 Å². The van der Waals surface area contributed by atoms with Gasteiger partial charge in [0, 0.05) is 0 Å². The van der Waals surface area contributed by atoms with Crippen LogP contribution in [0.15, 0.2) is 0 Å². The Bertz CT molecular complexity index is 350. The standard InChI is InChI=1S/C14H25F3N2O2/c1-3-8-19(10-14(15,16)17)9-6-11-5-4-7-13(11,18-2)12(20)21/h11,18H,3-10H2,1-2H3,(H,20,21). The number of likely N-dealkylation sites (N-methyl/N-ethyl adjacent to an activating group) is 1. The third-order valence-electron chi connectivity index (χ3n) is 4.38. The number of hydrogen-bond acceptors (Lipinski definition) is 3. The van der Waals surface area contributed by atoms with Crippen molar-refractivity contribution in [2.75, 3.05) is 26.7 Å². The van der Waals surface area contributed by atoms with E-state index in [1.165, 1.54) is 4.90 Å². The summed E-state index contributed by atoms with van der Waals surface area (Å²) in [5.41, 5.74) is -0.976. The number of carboxylic acid groups (broad SMARTS) is 1. The fourth-order valence-electron chi connectivity index (χ4n) is 3.36. The molecule has 1 saturated carbocycles. The molecule has 0 bridgehead atoms. The smallest absolute Gasteiger partial charge is 0.401 e. The molecule has 0 aliphatic heterocycles. The first-order chi connectivity index (χ1) is 9.75. The zero-order chi connectivity index (χ0) is 16.1. The molecule has 1 aliphatic carbocycles. The highest BCUT2D eigenvalue weighted by Crippen LogP contribution is 2.38. The van der Waals surface area contributed by atoms with Gasteiger partial charge in [0.2, 0.25) is 0 Å². The Kier molecular flexibility index (Phi) is 6.46. The molecule has 1 fully saturated rings. The van der Waals surface area contributed by atoms with Gasteiger partial charge in [0.25, 0.3) is 0 Å². The Labute approximate surface area is 123 Å². The molecule has 2 N–H and O–H groups in total. The van der Waals surface area contributed by atoms with Crippen LogP contribution in [0.3, 0.4) is 0 Å². The number of carbonyl (C=O) groups is 1. The molecule has 0 saturated heterocycles. The van der Waals surface area contributed by atoms with Gasteiger partial charge < -0.3 is 10.4 Å². The monoisotopic (exact) mass is 310 g/mol. The van der Waals surface area contributed by atoms with E-state index in [2.05, 4.69) is 5.32 Å². The van der Waals surface area contributed by atoms with Crippen LogP contribution in [0.4, 0.5) is 13.2 Å². The van der Waals surface area contributed by atoms with Gasteiger partial charge in [0.05, 0.1) is 6.54 Å². The second-order valence-corrected chi connectivity index (χ2v) is 5.80. The summed E-state index contributed by atoms with van der Waals surface area (Å²) in [6.07, 6.45) is -1.00. The number of alkyl halides is 3. The molecule has 0 amide bonds. The van der Waals surface area contributed by atoms with Gasteiger partial charge in [-0.3, -0.25) is 9.69 Å². The molecule has 1 rings (SSSR count). The molecule has 0 aromatic carbocycles. The maximum atomic E-state index is 12.5. The summed E-state index contributed by atoms with van der Waals surface area (Å²) < 4.78 is 37.6.